The molecular formula is C21H24FN3O4. The van der Waals surface area contributed by atoms with Gasteiger partial charge >= 0.3 is 6.16 Å². The molecule has 1 N–H and O–H groups in total. The van der Waals surface area contributed by atoms with E-state index in [1.165, 1.54) is 31.5 Å². The van der Waals surface area contributed by atoms with E-state index in [2.05, 4.69) is 9.64 Å². The average Bonchev–Trinajstić information content (AvgIpc) is 3.48. The summed E-state index contributed by atoms with van der Waals surface area (Å²) in [7, 11) is 0. The van der Waals surface area contributed by atoms with Crippen LogP contribution in [0.5, 0.6) is 5.75 Å². The fourth-order valence-corrected chi connectivity index (χ4v) is 4.48. The Hall–Kier alpha value is -2.61. The molecule has 1 saturated heterocycles. The second-order valence-electron chi connectivity index (χ2n) is 8.26. The molecule has 2 saturated carbocycles. The van der Waals surface area contributed by atoms with E-state index in [9.17, 15) is 14.0 Å². The van der Waals surface area contributed by atoms with Crippen molar-refractivity contribution < 1.29 is 19.0 Å². The first-order valence-corrected chi connectivity index (χ1v) is 10.3. The van der Waals surface area contributed by atoms with Crippen LogP contribution < -0.4 is 15.1 Å². The predicted molar refractivity (Wildman–Crippen MR) is 107 cm³/mol. The minimum atomic E-state index is -1.55. The Balaban J connectivity index is 1.51. The van der Waals surface area contributed by atoms with E-state index in [1.54, 1.807) is 6.07 Å². The average molecular weight is 401 g/mol. The van der Waals surface area contributed by atoms with Crippen LogP contribution in [-0.2, 0) is 0 Å². The molecule has 0 atom stereocenters. The van der Waals surface area contributed by atoms with Gasteiger partial charge in [0.1, 0.15) is 5.82 Å². The lowest BCUT2D eigenvalue weighted by molar-refractivity contribution is 0.120. The molecule has 7 nitrogen and oxygen atoms in total. The van der Waals surface area contributed by atoms with E-state index in [1.807, 2.05) is 9.47 Å². The van der Waals surface area contributed by atoms with E-state index in [0.29, 0.717) is 17.2 Å². The second kappa shape index (κ2) is 7.02. The molecule has 1 aromatic carbocycles. The van der Waals surface area contributed by atoms with Gasteiger partial charge in [-0.25, -0.2) is 9.18 Å². The van der Waals surface area contributed by atoms with Gasteiger partial charge in [-0.3, -0.25) is 9.69 Å². The number of nitrogens with zero attached hydrogens (tertiary/aromatic N) is 3. The summed E-state index contributed by atoms with van der Waals surface area (Å²) in [6.07, 6.45) is 5.61. The second-order valence-corrected chi connectivity index (χ2v) is 8.26. The van der Waals surface area contributed by atoms with Crippen LogP contribution >= 0.6 is 0 Å². The van der Waals surface area contributed by atoms with Gasteiger partial charge < -0.3 is 19.3 Å². The fraction of sp³-hybridized carbons (Fsp3) is 0.524. The van der Waals surface area contributed by atoms with Gasteiger partial charge in [-0.15, -0.1) is 0 Å². The first kappa shape index (κ1) is 18.4. The molecule has 3 fully saturated rings. The number of halogens is 1. The van der Waals surface area contributed by atoms with Crippen molar-refractivity contribution in [2.45, 2.75) is 44.2 Å². The van der Waals surface area contributed by atoms with Gasteiger partial charge in [0.2, 0.25) is 5.43 Å². The summed E-state index contributed by atoms with van der Waals surface area (Å²) in [6.45, 7) is 3.35. The molecule has 2 aliphatic carbocycles. The van der Waals surface area contributed by atoms with Crippen LogP contribution in [0.15, 0.2) is 23.1 Å². The Morgan fingerprint density at radius 2 is 1.79 bits per heavy atom. The van der Waals surface area contributed by atoms with Gasteiger partial charge in [0.05, 0.1) is 22.8 Å². The summed E-state index contributed by atoms with van der Waals surface area (Å²) in [5.74, 6) is -0.736. The zero-order valence-electron chi connectivity index (χ0n) is 16.1. The van der Waals surface area contributed by atoms with Crippen molar-refractivity contribution in [2.75, 3.05) is 31.1 Å². The number of ether oxygens (including phenoxy) is 1. The molecule has 154 valence electrons. The Labute approximate surface area is 167 Å². The maximum atomic E-state index is 15.0. The van der Waals surface area contributed by atoms with Gasteiger partial charge in [0, 0.05) is 38.3 Å². The molecule has 29 heavy (non-hydrogen) atoms. The number of benzene rings is 1. The van der Waals surface area contributed by atoms with Gasteiger partial charge in [0.15, 0.2) is 5.75 Å². The van der Waals surface area contributed by atoms with Crippen LogP contribution in [0.4, 0.5) is 14.9 Å². The number of aromatic nitrogens is 1. The van der Waals surface area contributed by atoms with Crippen LogP contribution in [0.25, 0.3) is 10.9 Å². The number of anilines is 1. The quantitative estimate of drug-likeness (QED) is 0.793. The first-order chi connectivity index (χ1) is 14.0. The lowest BCUT2D eigenvalue weighted by atomic mass is 9.91. The molecule has 0 spiro atoms. The van der Waals surface area contributed by atoms with Crippen LogP contribution in [0.2, 0.25) is 0 Å². The summed E-state index contributed by atoms with van der Waals surface area (Å²) in [4.78, 5) is 28.1. The molecule has 3 aliphatic rings. The van der Waals surface area contributed by atoms with Gasteiger partial charge in [-0.1, -0.05) is 6.42 Å². The van der Waals surface area contributed by atoms with E-state index < -0.39 is 17.4 Å². The molecule has 1 aliphatic heterocycles. The standard InChI is InChI=1S/C21H24FN3O4/c22-16-10-15-17(25(14-4-5-14)12-19(20(15)26)29-21(27)28)11-18(16)24-8-6-23(7-9-24)13-2-1-3-13/h10-14H,1-9H2,(H,27,28). The normalized spacial score (nSPS) is 20.7. The van der Waals surface area contributed by atoms with Crippen molar-refractivity contribution in [3.8, 4) is 5.75 Å². The Morgan fingerprint density at radius 1 is 1.07 bits per heavy atom. The van der Waals surface area contributed by atoms with Gasteiger partial charge in [-0.05, 0) is 37.8 Å². The number of rotatable bonds is 4. The number of fused-ring (bicyclic) bond motifs is 1. The van der Waals surface area contributed by atoms with Crippen molar-refractivity contribution in [3.63, 3.8) is 0 Å². The van der Waals surface area contributed by atoms with Crippen LogP contribution in [0.3, 0.4) is 0 Å². The maximum absolute atomic E-state index is 15.0. The Kier molecular flexibility index (Phi) is 4.46. The Morgan fingerprint density at radius 3 is 2.38 bits per heavy atom. The highest BCUT2D eigenvalue weighted by Crippen LogP contribution is 2.39. The molecule has 0 radical (unpaired) electrons. The summed E-state index contributed by atoms with van der Waals surface area (Å²) in [6, 6.07) is 3.85. The highest BCUT2D eigenvalue weighted by atomic mass is 19.1. The molecule has 0 amide bonds. The number of hydrogen-bond acceptors (Lipinski definition) is 5. The van der Waals surface area contributed by atoms with E-state index in [4.69, 9.17) is 5.11 Å². The summed E-state index contributed by atoms with van der Waals surface area (Å²) in [5.41, 5.74) is 0.541. The molecule has 8 heteroatoms. The highest BCUT2D eigenvalue weighted by molar-refractivity contribution is 5.85. The van der Waals surface area contributed by atoms with Crippen molar-refractivity contribution in [2.24, 2.45) is 0 Å². The number of pyridine rings is 1. The molecule has 1 aromatic heterocycles. The fourth-order valence-electron chi connectivity index (χ4n) is 4.48. The van der Waals surface area contributed by atoms with Crippen molar-refractivity contribution in [1.82, 2.24) is 9.47 Å². The zero-order chi connectivity index (χ0) is 20.1. The maximum Gasteiger partial charge on any atom is 0.511 e. The van der Waals surface area contributed by atoms with Gasteiger partial charge in [0.25, 0.3) is 0 Å². The van der Waals surface area contributed by atoms with E-state index >= 15 is 0 Å². The monoisotopic (exact) mass is 401 g/mol. The summed E-state index contributed by atoms with van der Waals surface area (Å²) >= 11 is 0. The lowest BCUT2D eigenvalue weighted by Gasteiger charge is -2.43. The Bertz CT molecular complexity index is 1020. The minimum absolute atomic E-state index is 0.157. The molecule has 5 rings (SSSR count). The largest absolute Gasteiger partial charge is 0.511 e. The van der Waals surface area contributed by atoms with Gasteiger partial charge in [-0.2, -0.15) is 0 Å². The molecule has 0 unspecified atom stereocenters. The highest BCUT2D eigenvalue weighted by Gasteiger charge is 2.30. The van der Waals surface area contributed by atoms with Crippen molar-refractivity contribution in [1.29, 1.82) is 0 Å². The third kappa shape index (κ3) is 3.35. The molecule has 0 bridgehead atoms. The van der Waals surface area contributed by atoms with E-state index in [-0.39, 0.29) is 17.2 Å². The summed E-state index contributed by atoms with van der Waals surface area (Å²) < 4.78 is 21.5. The molecular weight excluding hydrogens is 377 g/mol. The predicted octanol–water partition coefficient (Wildman–Crippen LogP) is 3.21. The summed E-state index contributed by atoms with van der Waals surface area (Å²) in [5, 5.41) is 9.06. The first-order valence-electron chi connectivity index (χ1n) is 10.3. The smallest absolute Gasteiger partial charge is 0.449 e. The van der Waals surface area contributed by atoms with Crippen molar-refractivity contribution >= 4 is 22.7 Å². The number of piperazine rings is 1. The number of carboxylic acid groups (broad SMARTS) is 1. The minimum Gasteiger partial charge on any atom is -0.449 e. The third-order valence-electron chi connectivity index (χ3n) is 6.45. The topological polar surface area (TPSA) is 75.0 Å². The van der Waals surface area contributed by atoms with E-state index in [0.717, 1.165) is 39.0 Å². The zero-order valence-corrected chi connectivity index (χ0v) is 16.1. The third-order valence-corrected chi connectivity index (χ3v) is 6.45. The van der Waals surface area contributed by atoms with Crippen LogP contribution in [-0.4, -0.2) is 52.9 Å². The lowest BCUT2D eigenvalue weighted by Crippen LogP contribution is -2.52. The number of hydrogen-bond donors (Lipinski definition) is 1. The molecule has 2 aromatic rings. The molecule has 2 heterocycles. The SMILES string of the molecule is O=C(O)Oc1cn(C2CC2)c2cc(N3CCN(C4CCC4)CC3)c(F)cc2c1=O. The number of carbonyl (C=O) groups is 1. The van der Waals surface area contributed by atoms with Crippen molar-refractivity contribution in [3.05, 3.63) is 34.4 Å². The van der Waals surface area contributed by atoms with Crippen LogP contribution in [0.1, 0.15) is 38.1 Å². The van der Waals surface area contributed by atoms with Crippen LogP contribution in [0, 0.1) is 5.82 Å².